The summed E-state index contributed by atoms with van der Waals surface area (Å²) < 4.78 is 23.9. The van der Waals surface area contributed by atoms with E-state index in [1.807, 2.05) is 19.1 Å². The van der Waals surface area contributed by atoms with Gasteiger partial charge in [-0.15, -0.1) is 0 Å². The molecule has 2 N–H and O–H groups in total. The van der Waals surface area contributed by atoms with Crippen molar-refractivity contribution in [3.63, 3.8) is 0 Å². The first-order valence-electron chi connectivity index (χ1n) is 7.19. The number of oxazole rings is 1. The Kier molecular flexibility index (Phi) is 5.33. The molecule has 0 spiro atoms. The van der Waals surface area contributed by atoms with Crippen molar-refractivity contribution in [1.29, 1.82) is 0 Å². The van der Waals surface area contributed by atoms with Gasteiger partial charge >= 0.3 is 0 Å². The number of hydrogen-bond acceptors (Lipinski definition) is 4. The molecule has 114 valence electrons. The third-order valence-electron chi connectivity index (χ3n) is 3.37. The quantitative estimate of drug-likeness (QED) is 0.845. The van der Waals surface area contributed by atoms with Gasteiger partial charge in [0, 0.05) is 24.1 Å². The number of rotatable bonds is 7. The number of nitrogens with two attached hydrogens (primary N) is 1. The minimum Gasteiger partial charge on any atom is -0.489 e. The van der Waals surface area contributed by atoms with Gasteiger partial charge in [0.05, 0.1) is 6.33 Å². The van der Waals surface area contributed by atoms with Crippen molar-refractivity contribution in [3.8, 4) is 5.75 Å². The van der Waals surface area contributed by atoms with Crippen molar-refractivity contribution in [1.82, 2.24) is 4.98 Å². The fourth-order valence-electron chi connectivity index (χ4n) is 2.05. The molecule has 0 unspecified atom stereocenters. The first kappa shape index (κ1) is 15.5. The molecule has 21 heavy (non-hydrogen) atoms. The number of aryl methyl sites for hydroxylation is 2. The topological polar surface area (TPSA) is 61.3 Å². The van der Waals surface area contributed by atoms with Crippen LogP contribution in [-0.2, 0) is 6.42 Å². The zero-order chi connectivity index (χ0) is 15.2. The number of unbranched alkanes of at least 4 members (excludes halogenated alkanes) is 1. The molecule has 0 atom stereocenters. The van der Waals surface area contributed by atoms with E-state index in [0.717, 1.165) is 41.8 Å². The van der Waals surface area contributed by atoms with Crippen molar-refractivity contribution in [2.75, 3.05) is 13.2 Å². The van der Waals surface area contributed by atoms with Gasteiger partial charge in [-0.3, -0.25) is 0 Å². The van der Waals surface area contributed by atoms with Crippen LogP contribution in [0.2, 0.25) is 0 Å². The largest absolute Gasteiger partial charge is 0.489 e. The number of hydrogen-bond donors (Lipinski definition) is 1. The maximum Gasteiger partial charge on any atom is 0.195 e. The van der Waals surface area contributed by atoms with Crippen molar-refractivity contribution >= 4 is 11.1 Å². The fourth-order valence-corrected chi connectivity index (χ4v) is 2.05. The second-order valence-corrected chi connectivity index (χ2v) is 5.01. The summed E-state index contributed by atoms with van der Waals surface area (Å²) in [5.74, 6) is 1.41. The van der Waals surface area contributed by atoms with Gasteiger partial charge < -0.3 is 14.9 Å². The highest BCUT2D eigenvalue weighted by molar-refractivity contribution is 5.78. The zero-order valence-electron chi connectivity index (χ0n) is 12.5. The standard InChI is InChI=1S/C16H21FN2O2/c1-3-4-5-15-19-13-6-7-14(11(2)16(13)21-15)20-10-12(8-17)9-18/h6-8H,3-5,9-10,18H2,1-2H3/b12-8+. The molecule has 0 aliphatic rings. The SMILES string of the molecule is CCCCc1nc2ccc(OC/C(=C/F)CN)c(C)c2o1. The predicted octanol–water partition coefficient (Wildman–Crippen LogP) is 3.67. The monoisotopic (exact) mass is 292 g/mol. The molecular formula is C16H21FN2O2. The van der Waals surface area contributed by atoms with Gasteiger partial charge in [-0.1, -0.05) is 13.3 Å². The highest BCUT2D eigenvalue weighted by Crippen LogP contribution is 2.28. The van der Waals surface area contributed by atoms with Crippen molar-refractivity contribution in [3.05, 3.63) is 35.5 Å². The van der Waals surface area contributed by atoms with Crippen LogP contribution in [0.1, 0.15) is 31.2 Å². The molecule has 5 heteroatoms. The Balaban J connectivity index is 2.20. The Morgan fingerprint density at radius 2 is 2.29 bits per heavy atom. The van der Waals surface area contributed by atoms with Crippen LogP contribution < -0.4 is 10.5 Å². The van der Waals surface area contributed by atoms with E-state index >= 15 is 0 Å². The highest BCUT2D eigenvalue weighted by Gasteiger charge is 2.12. The minimum absolute atomic E-state index is 0.135. The summed E-state index contributed by atoms with van der Waals surface area (Å²) in [4.78, 5) is 4.47. The Morgan fingerprint density at radius 3 is 2.95 bits per heavy atom. The second-order valence-electron chi connectivity index (χ2n) is 5.01. The van der Waals surface area contributed by atoms with Crippen molar-refractivity contribution < 1.29 is 13.5 Å². The molecule has 0 aliphatic carbocycles. The number of fused-ring (bicyclic) bond motifs is 1. The Labute approximate surface area is 123 Å². The molecule has 4 nitrogen and oxygen atoms in total. The van der Waals surface area contributed by atoms with Gasteiger partial charge in [-0.05, 0) is 25.5 Å². The van der Waals surface area contributed by atoms with Gasteiger partial charge in [-0.2, -0.15) is 0 Å². The summed E-state index contributed by atoms with van der Waals surface area (Å²) in [6.45, 7) is 4.32. The average molecular weight is 292 g/mol. The Hall–Kier alpha value is -1.88. The van der Waals surface area contributed by atoms with E-state index in [2.05, 4.69) is 11.9 Å². The van der Waals surface area contributed by atoms with E-state index in [1.165, 1.54) is 0 Å². The fraction of sp³-hybridized carbons (Fsp3) is 0.438. The molecule has 2 rings (SSSR count). The second kappa shape index (κ2) is 7.22. The van der Waals surface area contributed by atoms with Crippen LogP contribution in [0.3, 0.4) is 0 Å². The number of halogens is 1. The lowest BCUT2D eigenvalue weighted by Gasteiger charge is -2.09. The van der Waals surface area contributed by atoms with E-state index in [4.69, 9.17) is 14.9 Å². The summed E-state index contributed by atoms with van der Waals surface area (Å²) in [5, 5.41) is 0. The lowest BCUT2D eigenvalue weighted by Crippen LogP contribution is -2.11. The minimum atomic E-state index is 0.135. The molecule has 0 aliphatic heterocycles. The van der Waals surface area contributed by atoms with Crippen LogP contribution in [0, 0.1) is 6.92 Å². The molecule has 0 amide bonds. The van der Waals surface area contributed by atoms with E-state index in [9.17, 15) is 4.39 Å². The Bertz CT molecular complexity index is 634. The lowest BCUT2D eigenvalue weighted by molar-refractivity contribution is 0.345. The van der Waals surface area contributed by atoms with Gasteiger partial charge in [0.15, 0.2) is 11.5 Å². The lowest BCUT2D eigenvalue weighted by atomic mass is 10.2. The molecule has 0 saturated carbocycles. The van der Waals surface area contributed by atoms with Crippen molar-refractivity contribution in [2.24, 2.45) is 5.73 Å². The normalized spacial score (nSPS) is 12.1. The summed E-state index contributed by atoms with van der Waals surface area (Å²) in [6, 6.07) is 3.69. The zero-order valence-corrected chi connectivity index (χ0v) is 12.5. The van der Waals surface area contributed by atoms with Gasteiger partial charge in [0.1, 0.15) is 17.9 Å². The van der Waals surface area contributed by atoms with E-state index < -0.39 is 0 Å². The molecule has 1 aromatic heterocycles. The summed E-state index contributed by atoms with van der Waals surface area (Å²) in [5.41, 5.74) is 8.25. The van der Waals surface area contributed by atoms with Crippen LogP contribution in [0.4, 0.5) is 4.39 Å². The van der Waals surface area contributed by atoms with Gasteiger partial charge in [0.25, 0.3) is 0 Å². The van der Waals surface area contributed by atoms with Crippen LogP contribution in [0.15, 0.2) is 28.5 Å². The highest BCUT2D eigenvalue weighted by atomic mass is 19.1. The van der Waals surface area contributed by atoms with E-state index in [-0.39, 0.29) is 13.2 Å². The maximum atomic E-state index is 12.5. The number of ether oxygens (including phenoxy) is 1. The van der Waals surface area contributed by atoms with E-state index in [1.54, 1.807) is 0 Å². The molecule has 1 aromatic carbocycles. The summed E-state index contributed by atoms with van der Waals surface area (Å²) in [6.07, 6.45) is 3.48. The number of benzene rings is 1. The number of aromatic nitrogens is 1. The average Bonchev–Trinajstić information content (AvgIpc) is 2.92. The smallest absolute Gasteiger partial charge is 0.195 e. The van der Waals surface area contributed by atoms with Gasteiger partial charge in [-0.25, -0.2) is 9.37 Å². The third-order valence-corrected chi connectivity index (χ3v) is 3.37. The molecule has 0 radical (unpaired) electrons. The first-order chi connectivity index (χ1) is 10.2. The molecular weight excluding hydrogens is 271 g/mol. The molecule has 0 saturated heterocycles. The Morgan fingerprint density at radius 1 is 1.48 bits per heavy atom. The number of nitrogens with zero attached hydrogens (tertiary/aromatic N) is 1. The van der Waals surface area contributed by atoms with E-state index in [0.29, 0.717) is 17.7 Å². The van der Waals surface area contributed by atoms with Crippen LogP contribution >= 0.6 is 0 Å². The molecule has 0 fully saturated rings. The third kappa shape index (κ3) is 3.61. The van der Waals surface area contributed by atoms with Crippen molar-refractivity contribution in [2.45, 2.75) is 33.1 Å². The van der Waals surface area contributed by atoms with Gasteiger partial charge in [0.2, 0.25) is 0 Å². The molecule has 1 heterocycles. The summed E-state index contributed by atoms with van der Waals surface area (Å²) in [7, 11) is 0. The van der Waals surface area contributed by atoms with Crippen LogP contribution in [-0.4, -0.2) is 18.1 Å². The molecule has 0 bridgehead atoms. The van der Waals surface area contributed by atoms with Crippen LogP contribution in [0.25, 0.3) is 11.1 Å². The molecule has 2 aromatic rings. The first-order valence-corrected chi connectivity index (χ1v) is 7.19. The van der Waals surface area contributed by atoms with Crippen LogP contribution in [0.5, 0.6) is 5.75 Å². The summed E-state index contributed by atoms with van der Waals surface area (Å²) >= 11 is 0. The predicted molar refractivity (Wildman–Crippen MR) is 81.1 cm³/mol. The maximum absolute atomic E-state index is 12.5.